The lowest BCUT2D eigenvalue weighted by molar-refractivity contribution is -0.116. The minimum absolute atomic E-state index is 0.147. The van der Waals surface area contributed by atoms with Gasteiger partial charge in [-0.2, -0.15) is 0 Å². The van der Waals surface area contributed by atoms with Crippen molar-refractivity contribution in [2.75, 3.05) is 11.9 Å². The molecule has 0 unspecified atom stereocenters. The van der Waals surface area contributed by atoms with E-state index in [1.807, 2.05) is 29.7 Å². The van der Waals surface area contributed by atoms with E-state index in [2.05, 4.69) is 20.8 Å². The molecule has 0 spiro atoms. The van der Waals surface area contributed by atoms with Crippen molar-refractivity contribution in [1.82, 2.24) is 20.1 Å². The quantitative estimate of drug-likeness (QED) is 0.826. The van der Waals surface area contributed by atoms with Crippen molar-refractivity contribution < 1.29 is 14.3 Å². The van der Waals surface area contributed by atoms with Gasteiger partial charge in [0.05, 0.1) is 0 Å². The molecular weight excluding hydrogens is 334 g/mol. The van der Waals surface area contributed by atoms with Gasteiger partial charge >= 0.3 is 6.09 Å². The van der Waals surface area contributed by atoms with Gasteiger partial charge < -0.3 is 19.9 Å². The molecule has 0 fully saturated rings. The standard InChI is InChI=1S/C18H25N5O3/c1-5-23-12-20-22-16(23)13-7-6-8-14(11-13)21-15(24)9-10-19-17(25)26-18(2,3)4/h6-8,11-12H,5,9-10H2,1-4H3,(H,19,25)(H,21,24). The lowest BCUT2D eigenvalue weighted by Gasteiger charge is -2.19. The van der Waals surface area contributed by atoms with Crippen LogP contribution in [-0.4, -0.2) is 38.9 Å². The number of rotatable bonds is 6. The first-order valence-corrected chi connectivity index (χ1v) is 8.53. The second kappa shape index (κ2) is 8.46. The van der Waals surface area contributed by atoms with E-state index in [0.717, 1.165) is 17.9 Å². The molecule has 26 heavy (non-hydrogen) atoms. The lowest BCUT2D eigenvalue weighted by atomic mass is 10.2. The van der Waals surface area contributed by atoms with Crippen molar-refractivity contribution in [3.8, 4) is 11.4 Å². The van der Waals surface area contributed by atoms with Crippen molar-refractivity contribution in [3.05, 3.63) is 30.6 Å². The number of hydrogen-bond acceptors (Lipinski definition) is 5. The molecule has 0 aliphatic carbocycles. The monoisotopic (exact) mass is 359 g/mol. The Balaban J connectivity index is 1.88. The molecular formula is C18H25N5O3. The third-order valence-electron chi connectivity index (χ3n) is 3.38. The van der Waals surface area contributed by atoms with Crippen molar-refractivity contribution in [2.24, 2.45) is 0 Å². The maximum Gasteiger partial charge on any atom is 0.407 e. The number of nitrogens with zero attached hydrogens (tertiary/aromatic N) is 3. The van der Waals surface area contributed by atoms with Crippen LogP contribution in [0.2, 0.25) is 0 Å². The highest BCUT2D eigenvalue weighted by Crippen LogP contribution is 2.20. The average molecular weight is 359 g/mol. The summed E-state index contributed by atoms with van der Waals surface area (Å²) in [6.45, 7) is 8.32. The molecule has 2 aromatic rings. The second-order valence-electron chi connectivity index (χ2n) is 6.75. The number of ether oxygens (including phenoxy) is 1. The van der Waals surface area contributed by atoms with Crippen molar-refractivity contribution in [3.63, 3.8) is 0 Å². The van der Waals surface area contributed by atoms with Crippen molar-refractivity contribution in [2.45, 2.75) is 46.3 Å². The zero-order valence-corrected chi connectivity index (χ0v) is 15.6. The predicted molar refractivity (Wildman–Crippen MR) is 98.6 cm³/mol. The molecule has 0 aliphatic heterocycles. The SMILES string of the molecule is CCn1cnnc1-c1cccc(NC(=O)CCNC(=O)OC(C)(C)C)c1. The van der Waals surface area contributed by atoms with E-state index in [1.54, 1.807) is 33.2 Å². The largest absolute Gasteiger partial charge is 0.444 e. The molecule has 0 bridgehead atoms. The maximum atomic E-state index is 12.1. The Morgan fingerprint density at radius 3 is 2.73 bits per heavy atom. The summed E-state index contributed by atoms with van der Waals surface area (Å²) >= 11 is 0. The number of hydrogen-bond donors (Lipinski definition) is 2. The van der Waals surface area contributed by atoms with Crippen LogP contribution in [0.3, 0.4) is 0 Å². The minimum Gasteiger partial charge on any atom is -0.444 e. The summed E-state index contributed by atoms with van der Waals surface area (Å²) in [6.07, 6.45) is 1.28. The van der Waals surface area contributed by atoms with Gasteiger partial charge in [0.1, 0.15) is 11.9 Å². The molecule has 1 aromatic carbocycles. The van der Waals surface area contributed by atoms with E-state index in [1.165, 1.54) is 0 Å². The normalized spacial score (nSPS) is 11.1. The van der Waals surface area contributed by atoms with Crippen LogP contribution in [0.15, 0.2) is 30.6 Å². The van der Waals surface area contributed by atoms with Crippen molar-refractivity contribution >= 4 is 17.7 Å². The first kappa shape index (κ1) is 19.4. The lowest BCUT2D eigenvalue weighted by Crippen LogP contribution is -2.34. The molecule has 0 saturated carbocycles. The Kier molecular flexibility index (Phi) is 6.32. The number of amides is 2. The number of benzene rings is 1. The fourth-order valence-corrected chi connectivity index (χ4v) is 2.26. The smallest absolute Gasteiger partial charge is 0.407 e. The molecule has 2 amide bonds. The van der Waals surface area contributed by atoms with Crippen LogP contribution in [0, 0.1) is 0 Å². The summed E-state index contributed by atoms with van der Waals surface area (Å²) in [6, 6.07) is 7.40. The summed E-state index contributed by atoms with van der Waals surface area (Å²) in [5, 5.41) is 13.4. The van der Waals surface area contributed by atoms with Crippen LogP contribution in [0.4, 0.5) is 10.5 Å². The minimum atomic E-state index is -0.564. The topological polar surface area (TPSA) is 98.1 Å². The van der Waals surface area contributed by atoms with Gasteiger partial charge in [0.2, 0.25) is 5.91 Å². The van der Waals surface area contributed by atoms with E-state index in [4.69, 9.17) is 4.74 Å². The number of aryl methyl sites for hydroxylation is 1. The summed E-state index contributed by atoms with van der Waals surface area (Å²) in [5.41, 5.74) is 0.968. The van der Waals surface area contributed by atoms with Gasteiger partial charge in [-0.3, -0.25) is 4.79 Å². The van der Waals surface area contributed by atoms with Gasteiger partial charge in [-0.05, 0) is 39.8 Å². The summed E-state index contributed by atoms with van der Waals surface area (Å²) in [5.74, 6) is 0.547. The van der Waals surface area contributed by atoms with Crippen LogP contribution in [0.5, 0.6) is 0 Å². The molecule has 0 aliphatic rings. The van der Waals surface area contributed by atoms with Crippen LogP contribution in [-0.2, 0) is 16.1 Å². The Bertz CT molecular complexity index is 764. The fraction of sp³-hybridized carbons (Fsp3) is 0.444. The van der Waals surface area contributed by atoms with Gasteiger partial charge in [-0.25, -0.2) is 4.79 Å². The molecule has 2 rings (SSSR count). The molecule has 0 radical (unpaired) electrons. The number of anilines is 1. The number of carbonyl (C=O) groups is 2. The number of nitrogens with one attached hydrogen (secondary N) is 2. The van der Waals surface area contributed by atoms with Gasteiger partial charge in [0.25, 0.3) is 0 Å². The van der Waals surface area contributed by atoms with Crippen LogP contribution in [0.1, 0.15) is 34.1 Å². The second-order valence-corrected chi connectivity index (χ2v) is 6.75. The predicted octanol–water partition coefficient (Wildman–Crippen LogP) is 2.82. The molecule has 8 nitrogen and oxygen atoms in total. The molecule has 1 aromatic heterocycles. The first-order valence-electron chi connectivity index (χ1n) is 8.53. The highest BCUT2D eigenvalue weighted by molar-refractivity contribution is 5.91. The Labute approximate surface area is 153 Å². The third-order valence-corrected chi connectivity index (χ3v) is 3.38. The van der Waals surface area contributed by atoms with E-state index in [-0.39, 0.29) is 18.9 Å². The van der Waals surface area contributed by atoms with Gasteiger partial charge in [0, 0.05) is 30.8 Å². The first-order chi connectivity index (χ1) is 12.3. The number of aromatic nitrogens is 3. The van der Waals surface area contributed by atoms with E-state index in [9.17, 15) is 9.59 Å². The zero-order valence-electron chi connectivity index (χ0n) is 15.6. The average Bonchev–Trinajstić information content (AvgIpc) is 3.02. The molecule has 0 atom stereocenters. The highest BCUT2D eigenvalue weighted by atomic mass is 16.6. The van der Waals surface area contributed by atoms with E-state index >= 15 is 0 Å². The van der Waals surface area contributed by atoms with Crippen LogP contribution >= 0.6 is 0 Å². The van der Waals surface area contributed by atoms with Crippen LogP contribution < -0.4 is 10.6 Å². The molecule has 8 heteroatoms. The Morgan fingerprint density at radius 1 is 1.27 bits per heavy atom. The van der Waals surface area contributed by atoms with Gasteiger partial charge in [-0.15, -0.1) is 10.2 Å². The fourth-order valence-electron chi connectivity index (χ4n) is 2.26. The highest BCUT2D eigenvalue weighted by Gasteiger charge is 2.16. The van der Waals surface area contributed by atoms with Crippen LogP contribution in [0.25, 0.3) is 11.4 Å². The molecule has 1 heterocycles. The Morgan fingerprint density at radius 2 is 2.04 bits per heavy atom. The maximum absolute atomic E-state index is 12.1. The third kappa shape index (κ3) is 5.87. The van der Waals surface area contributed by atoms with E-state index in [0.29, 0.717) is 5.69 Å². The van der Waals surface area contributed by atoms with Crippen molar-refractivity contribution in [1.29, 1.82) is 0 Å². The zero-order chi connectivity index (χ0) is 19.2. The van der Waals surface area contributed by atoms with Gasteiger partial charge in [0.15, 0.2) is 5.82 Å². The van der Waals surface area contributed by atoms with Gasteiger partial charge in [-0.1, -0.05) is 12.1 Å². The summed E-state index contributed by atoms with van der Waals surface area (Å²) < 4.78 is 7.04. The number of alkyl carbamates (subject to hydrolysis) is 1. The molecule has 2 N–H and O–H groups in total. The molecule has 140 valence electrons. The Hall–Kier alpha value is -2.90. The van der Waals surface area contributed by atoms with E-state index < -0.39 is 11.7 Å². The molecule has 0 saturated heterocycles. The summed E-state index contributed by atoms with van der Waals surface area (Å²) in [7, 11) is 0. The summed E-state index contributed by atoms with van der Waals surface area (Å²) in [4.78, 5) is 23.6. The number of carbonyl (C=O) groups excluding carboxylic acids is 2.